The molecule has 0 aromatic heterocycles. The Kier molecular flexibility index (Phi) is 5.22. The first-order valence-electron chi connectivity index (χ1n) is 4.17. The van der Waals surface area contributed by atoms with E-state index < -0.39 is 30.4 Å². The predicted octanol–water partition coefficient (Wildman–Crippen LogP) is -0.233. The van der Waals surface area contributed by atoms with Crippen molar-refractivity contribution in [1.82, 2.24) is 5.32 Å². The number of carbonyl (C=O) groups is 2. The lowest BCUT2D eigenvalue weighted by Gasteiger charge is -2.14. The number of nitrogens with one attached hydrogen (secondary N) is 1. The summed E-state index contributed by atoms with van der Waals surface area (Å²) in [7, 11) is 0. The lowest BCUT2D eigenvalue weighted by molar-refractivity contribution is -0.128. The topological polar surface area (TPSA) is 72.2 Å². The fourth-order valence-corrected chi connectivity index (χ4v) is 0.702. The van der Waals surface area contributed by atoms with Gasteiger partial charge in [-0.25, -0.2) is 4.39 Å². The van der Waals surface area contributed by atoms with Gasteiger partial charge in [-0.05, 0) is 13.3 Å². The van der Waals surface area contributed by atoms with Gasteiger partial charge in [0.1, 0.15) is 6.67 Å². The van der Waals surface area contributed by atoms with Gasteiger partial charge in [0.2, 0.25) is 5.91 Å². The van der Waals surface area contributed by atoms with E-state index in [1.165, 1.54) is 6.92 Å². The van der Waals surface area contributed by atoms with Gasteiger partial charge in [-0.2, -0.15) is 0 Å². The minimum Gasteiger partial charge on any atom is -0.345 e. The highest BCUT2D eigenvalue weighted by atomic mass is 19.1. The molecule has 0 saturated carbocycles. The van der Waals surface area contributed by atoms with E-state index in [0.29, 0.717) is 6.42 Å². The summed E-state index contributed by atoms with van der Waals surface area (Å²) < 4.78 is 11.8. The molecule has 0 aliphatic carbocycles. The molecule has 4 nitrogen and oxygen atoms in total. The van der Waals surface area contributed by atoms with Crippen molar-refractivity contribution < 1.29 is 14.0 Å². The van der Waals surface area contributed by atoms with Crippen molar-refractivity contribution in [1.29, 1.82) is 0 Å². The van der Waals surface area contributed by atoms with Crippen molar-refractivity contribution in [3.05, 3.63) is 0 Å². The summed E-state index contributed by atoms with van der Waals surface area (Å²) in [5, 5.41) is 2.33. The van der Waals surface area contributed by atoms with Gasteiger partial charge in [-0.15, -0.1) is 0 Å². The molecule has 0 bridgehead atoms. The van der Waals surface area contributed by atoms with E-state index in [2.05, 4.69) is 5.32 Å². The van der Waals surface area contributed by atoms with Crippen molar-refractivity contribution in [2.75, 3.05) is 6.67 Å². The second-order valence-electron chi connectivity index (χ2n) is 2.84. The van der Waals surface area contributed by atoms with Crippen LogP contribution in [0.2, 0.25) is 0 Å². The van der Waals surface area contributed by atoms with E-state index in [-0.39, 0.29) is 0 Å². The van der Waals surface area contributed by atoms with Crippen molar-refractivity contribution in [2.24, 2.45) is 5.73 Å². The average molecular weight is 190 g/mol. The van der Waals surface area contributed by atoms with Crippen LogP contribution >= 0.6 is 0 Å². The summed E-state index contributed by atoms with van der Waals surface area (Å²) in [5.74, 6) is -1.06. The van der Waals surface area contributed by atoms with E-state index in [0.717, 1.165) is 0 Å². The SMILES string of the molecule is CC[C@H](N)C(=O)N[C@@H](C)C(=O)CF. The molecular weight excluding hydrogens is 175 g/mol. The molecule has 5 heteroatoms. The number of carbonyl (C=O) groups excluding carboxylic acids is 2. The van der Waals surface area contributed by atoms with E-state index in [1.54, 1.807) is 6.92 Å². The summed E-state index contributed by atoms with van der Waals surface area (Å²) in [6.45, 7) is 2.12. The first kappa shape index (κ1) is 12.0. The van der Waals surface area contributed by atoms with Crippen LogP contribution in [-0.2, 0) is 9.59 Å². The fraction of sp³-hybridized carbons (Fsp3) is 0.750. The molecule has 76 valence electrons. The van der Waals surface area contributed by atoms with Crippen LogP contribution in [0.3, 0.4) is 0 Å². The van der Waals surface area contributed by atoms with Gasteiger partial charge in [-0.1, -0.05) is 6.92 Å². The zero-order valence-electron chi connectivity index (χ0n) is 7.84. The van der Waals surface area contributed by atoms with Crippen molar-refractivity contribution >= 4 is 11.7 Å². The number of rotatable bonds is 5. The number of Topliss-reactive ketones (excluding diaryl/α,β-unsaturated/α-hetero) is 1. The van der Waals surface area contributed by atoms with Gasteiger partial charge in [0.05, 0.1) is 12.1 Å². The lowest BCUT2D eigenvalue weighted by atomic mass is 10.2. The van der Waals surface area contributed by atoms with Gasteiger partial charge in [-0.3, -0.25) is 9.59 Å². The molecule has 0 fully saturated rings. The van der Waals surface area contributed by atoms with E-state index in [1.807, 2.05) is 0 Å². The van der Waals surface area contributed by atoms with Crippen LogP contribution < -0.4 is 11.1 Å². The number of amides is 1. The van der Waals surface area contributed by atoms with Crippen molar-refractivity contribution in [2.45, 2.75) is 32.4 Å². The molecule has 0 saturated heterocycles. The summed E-state index contributed by atoms with van der Waals surface area (Å²) in [6.07, 6.45) is 0.488. The largest absolute Gasteiger partial charge is 0.345 e. The molecule has 2 atom stereocenters. The third-order valence-corrected chi connectivity index (χ3v) is 1.75. The minimum absolute atomic E-state index is 0.420. The summed E-state index contributed by atoms with van der Waals surface area (Å²) in [4.78, 5) is 21.8. The number of ketones is 1. The van der Waals surface area contributed by atoms with Crippen LogP contribution in [0.5, 0.6) is 0 Å². The van der Waals surface area contributed by atoms with E-state index in [4.69, 9.17) is 5.73 Å². The Labute approximate surface area is 76.7 Å². The first-order chi connectivity index (χ1) is 6.02. The quantitative estimate of drug-likeness (QED) is 0.628. The van der Waals surface area contributed by atoms with Gasteiger partial charge in [0.15, 0.2) is 5.78 Å². The van der Waals surface area contributed by atoms with E-state index in [9.17, 15) is 14.0 Å². The van der Waals surface area contributed by atoms with Gasteiger partial charge >= 0.3 is 0 Å². The maximum atomic E-state index is 11.8. The first-order valence-corrected chi connectivity index (χ1v) is 4.17. The molecule has 0 aromatic rings. The average Bonchev–Trinajstić information content (AvgIpc) is 2.14. The van der Waals surface area contributed by atoms with Gasteiger partial charge < -0.3 is 11.1 Å². The van der Waals surface area contributed by atoms with Crippen LogP contribution in [0.4, 0.5) is 4.39 Å². The number of hydrogen-bond acceptors (Lipinski definition) is 3. The summed E-state index contributed by atoms with van der Waals surface area (Å²) >= 11 is 0. The normalized spacial score (nSPS) is 14.8. The third kappa shape index (κ3) is 3.98. The van der Waals surface area contributed by atoms with Crippen LogP contribution in [0, 0.1) is 0 Å². The zero-order chi connectivity index (χ0) is 10.4. The highest BCUT2D eigenvalue weighted by molar-refractivity contribution is 5.90. The van der Waals surface area contributed by atoms with Crippen LogP contribution in [0.15, 0.2) is 0 Å². The molecule has 3 N–H and O–H groups in total. The second kappa shape index (κ2) is 5.64. The Hall–Kier alpha value is -0.970. The maximum absolute atomic E-state index is 11.8. The summed E-state index contributed by atoms with van der Waals surface area (Å²) in [5.41, 5.74) is 5.39. The molecule has 0 aromatic carbocycles. The molecule has 13 heavy (non-hydrogen) atoms. The zero-order valence-corrected chi connectivity index (χ0v) is 7.84. The molecule has 0 aliphatic rings. The van der Waals surface area contributed by atoms with Crippen LogP contribution in [0.1, 0.15) is 20.3 Å². The monoisotopic (exact) mass is 190 g/mol. The predicted molar refractivity (Wildman–Crippen MR) is 46.9 cm³/mol. The Morgan fingerprint density at radius 3 is 2.46 bits per heavy atom. The van der Waals surface area contributed by atoms with Crippen molar-refractivity contribution in [3.63, 3.8) is 0 Å². The summed E-state index contributed by atoms with van der Waals surface area (Å²) in [6, 6.07) is -1.43. The number of nitrogens with two attached hydrogens (primary N) is 1. The molecule has 0 aliphatic heterocycles. The Balaban J connectivity index is 3.98. The molecular formula is C8H15FN2O2. The van der Waals surface area contributed by atoms with Crippen LogP contribution in [-0.4, -0.2) is 30.4 Å². The lowest BCUT2D eigenvalue weighted by Crippen LogP contribution is -2.47. The smallest absolute Gasteiger partial charge is 0.237 e. The number of hydrogen-bond donors (Lipinski definition) is 2. The van der Waals surface area contributed by atoms with Crippen LogP contribution in [0.25, 0.3) is 0 Å². The van der Waals surface area contributed by atoms with E-state index >= 15 is 0 Å². The molecule has 0 rings (SSSR count). The maximum Gasteiger partial charge on any atom is 0.237 e. The highest BCUT2D eigenvalue weighted by Crippen LogP contribution is 1.90. The number of alkyl halides is 1. The molecule has 1 amide bonds. The fourth-order valence-electron chi connectivity index (χ4n) is 0.702. The number of halogens is 1. The molecule has 0 unspecified atom stereocenters. The Morgan fingerprint density at radius 1 is 1.54 bits per heavy atom. The van der Waals surface area contributed by atoms with Crippen molar-refractivity contribution in [3.8, 4) is 0 Å². The van der Waals surface area contributed by atoms with Gasteiger partial charge in [0, 0.05) is 0 Å². The van der Waals surface area contributed by atoms with Gasteiger partial charge in [0.25, 0.3) is 0 Å². The Bertz CT molecular complexity index is 197. The minimum atomic E-state index is -1.07. The Morgan fingerprint density at radius 2 is 2.08 bits per heavy atom. The third-order valence-electron chi connectivity index (χ3n) is 1.75. The second-order valence-corrected chi connectivity index (χ2v) is 2.84. The molecule has 0 heterocycles. The standard InChI is InChI=1S/C8H15FN2O2/c1-3-6(10)8(13)11-5(2)7(12)4-9/h5-6H,3-4,10H2,1-2H3,(H,11,13)/t5-,6-/m0/s1. The molecule has 0 spiro atoms. The molecule has 0 radical (unpaired) electrons. The highest BCUT2D eigenvalue weighted by Gasteiger charge is 2.18.